The molecule has 0 fully saturated rings. The molecule has 3 aromatic rings. The summed E-state index contributed by atoms with van der Waals surface area (Å²) in [5.74, 6) is -0.916. The van der Waals surface area contributed by atoms with E-state index >= 15 is 0 Å². The third-order valence-electron chi connectivity index (χ3n) is 4.46. The van der Waals surface area contributed by atoms with Crippen molar-refractivity contribution in [2.75, 3.05) is 22.3 Å². The van der Waals surface area contributed by atoms with Gasteiger partial charge in [-0.15, -0.1) is 11.8 Å². The first-order valence-electron chi connectivity index (χ1n) is 9.63. The molecule has 9 heteroatoms. The van der Waals surface area contributed by atoms with E-state index in [1.54, 1.807) is 36.4 Å². The minimum atomic E-state index is -3.90. The average molecular weight is 461 g/mol. The normalized spacial score (nSPS) is 11.6. The maximum absolute atomic E-state index is 13.0. The molecular formula is C22H24N2O5S2. The summed E-state index contributed by atoms with van der Waals surface area (Å²) >= 11 is 0.923. The van der Waals surface area contributed by atoms with Crippen LogP contribution in [0.3, 0.4) is 0 Å². The number of thioether (sulfide) groups is 1. The number of carboxylic acid groups (broad SMARTS) is 1. The van der Waals surface area contributed by atoms with Crippen molar-refractivity contribution in [3.8, 4) is 5.75 Å². The van der Waals surface area contributed by atoms with Crippen molar-refractivity contribution < 1.29 is 23.4 Å². The van der Waals surface area contributed by atoms with Crippen LogP contribution >= 0.6 is 11.8 Å². The molecule has 31 heavy (non-hydrogen) atoms. The first kappa shape index (κ1) is 22.8. The number of benzene rings is 3. The third-order valence-corrected chi connectivity index (χ3v) is 6.85. The SMILES string of the molecule is CC(C)CNc1ccc(S(=O)(=O)Nc2cc(SCC(=O)O)c(O)c3ccccc23)cc1. The highest BCUT2D eigenvalue weighted by Gasteiger charge is 2.19. The Morgan fingerprint density at radius 3 is 2.32 bits per heavy atom. The molecule has 0 aromatic heterocycles. The summed E-state index contributed by atoms with van der Waals surface area (Å²) in [7, 11) is -3.90. The van der Waals surface area contributed by atoms with E-state index in [0.717, 1.165) is 24.0 Å². The maximum atomic E-state index is 13.0. The lowest BCUT2D eigenvalue weighted by Crippen LogP contribution is -2.14. The van der Waals surface area contributed by atoms with Crippen LogP contribution in [0, 0.1) is 5.92 Å². The second-order valence-electron chi connectivity index (χ2n) is 7.40. The number of carboxylic acids is 1. The predicted molar refractivity (Wildman–Crippen MR) is 125 cm³/mol. The molecule has 0 radical (unpaired) electrons. The number of nitrogens with one attached hydrogen (secondary N) is 2. The number of hydrogen-bond acceptors (Lipinski definition) is 6. The van der Waals surface area contributed by atoms with Crippen LogP contribution < -0.4 is 10.0 Å². The van der Waals surface area contributed by atoms with Gasteiger partial charge in [-0.1, -0.05) is 38.1 Å². The van der Waals surface area contributed by atoms with E-state index in [0.29, 0.717) is 16.7 Å². The van der Waals surface area contributed by atoms with Gasteiger partial charge in [0, 0.05) is 23.0 Å². The Balaban J connectivity index is 1.94. The summed E-state index contributed by atoms with van der Waals surface area (Å²) in [5, 5.41) is 23.7. The van der Waals surface area contributed by atoms with E-state index in [9.17, 15) is 18.3 Å². The van der Waals surface area contributed by atoms with Crippen molar-refractivity contribution in [1.82, 2.24) is 0 Å². The Morgan fingerprint density at radius 1 is 1.06 bits per heavy atom. The number of fused-ring (bicyclic) bond motifs is 1. The fourth-order valence-electron chi connectivity index (χ4n) is 2.95. The Bertz CT molecular complexity index is 1190. The largest absolute Gasteiger partial charge is 0.506 e. The molecule has 3 rings (SSSR count). The predicted octanol–water partition coefficient (Wildman–Crippen LogP) is 4.59. The number of sulfonamides is 1. The van der Waals surface area contributed by atoms with Gasteiger partial charge in [0.25, 0.3) is 10.0 Å². The lowest BCUT2D eigenvalue weighted by atomic mass is 10.1. The van der Waals surface area contributed by atoms with E-state index in [2.05, 4.69) is 23.9 Å². The Labute approximate surface area is 185 Å². The van der Waals surface area contributed by atoms with Crippen molar-refractivity contribution in [1.29, 1.82) is 0 Å². The second-order valence-corrected chi connectivity index (χ2v) is 10.1. The molecule has 0 saturated heterocycles. The van der Waals surface area contributed by atoms with Crippen LogP contribution in [0.25, 0.3) is 10.8 Å². The van der Waals surface area contributed by atoms with Crippen LogP contribution in [0.5, 0.6) is 5.75 Å². The number of carbonyl (C=O) groups is 1. The molecule has 7 nitrogen and oxygen atoms in total. The van der Waals surface area contributed by atoms with Crippen LogP contribution in [0.2, 0.25) is 0 Å². The summed E-state index contributed by atoms with van der Waals surface area (Å²) in [4.78, 5) is 11.3. The van der Waals surface area contributed by atoms with Gasteiger partial charge in [0.2, 0.25) is 0 Å². The molecule has 3 aromatic carbocycles. The zero-order chi connectivity index (χ0) is 22.6. The van der Waals surface area contributed by atoms with Gasteiger partial charge in [-0.3, -0.25) is 9.52 Å². The van der Waals surface area contributed by atoms with Crippen LogP contribution in [0.4, 0.5) is 11.4 Å². The molecule has 0 spiro atoms. The summed E-state index contributed by atoms with van der Waals surface area (Å²) in [6.07, 6.45) is 0. The molecule has 0 heterocycles. The molecule has 0 amide bonds. The van der Waals surface area contributed by atoms with E-state index in [1.165, 1.54) is 18.2 Å². The highest BCUT2D eigenvalue weighted by Crippen LogP contribution is 2.40. The van der Waals surface area contributed by atoms with Gasteiger partial charge in [-0.2, -0.15) is 0 Å². The van der Waals surface area contributed by atoms with Crippen LogP contribution in [0.1, 0.15) is 13.8 Å². The minimum absolute atomic E-state index is 0.0784. The third kappa shape index (κ3) is 5.62. The van der Waals surface area contributed by atoms with Gasteiger partial charge in [-0.05, 0) is 36.2 Å². The highest BCUT2D eigenvalue weighted by atomic mass is 32.2. The number of anilines is 2. The minimum Gasteiger partial charge on any atom is -0.506 e. The number of aromatic hydroxyl groups is 1. The van der Waals surface area contributed by atoms with Gasteiger partial charge in [0.15, 0.2) is 0 Å². The Hall–Kier alpha value is -2.91. The number of rotatable bonds is 9. The summed E-state index contributed by atoms with van der Waals surface area (Å²) in [6.45, 7) is 4.95. The number of hydrogen-bond donors (Lipinski definition) is 4. The molecule has 164 valence electrons. The van der Waals surface area contributed by atoms with E-state index < -0.39 is 16.0 Å². The van der Waals surface area contributed by atoms with Crippen molar-refractivity contribution in [2.45, 2.75) is 23.6 Å². The van der Waals surface area contributed by atoms with Gasteiger partial charge in [0.1, 0.15) is 5.75 Å². The first-order valence-corrected chi connectivity index (χ1v) is 12.1. The monoisotopic (exact) mass is 460 g/mol. The van der Waals surface area contributed by atoms with Crippen LogP contribution in [0.15, 0.2) is 64.4 Å². The maximum Gasteiger partial charge on any atom is 0.313 e. The summed E-state index contributed by atoms with van der Waals surface area (Å²) in [5.41, 5.74) is 1.10. The van der Waals surface area contributed by atoms with Crippen LogP contribution in [-0.2, 0) is 14.8 Å². The zero-order valence-electron chi connectivity index (χ0n) is 17.1. The smallest absolute Gasteiger partial charge is 0.313 e. The fourth-order valence-corrected chi connectivity index (χ4v) is 4.74. The van der Waals surface area contributed by atoms with E-state index in [4.69, 9.17) is 5.11 Å². The molecule has 0 aliphatic heterocycles. The van der Waals surface area contributed by atoms with E-state index in [1.807, 2.05) is 0 Å². The zero-order valence-corrected chi connectivity index (χ0v) is 18.8. The van der Waals surface area contributed by atoms with Crippen molar-refractivity contribution in [3.05, 3.63) is 54.6 Å². The first-order chi connectivity index (χ1) is 14.7. The topological polar surface area (TPSA) is 116 Å². The van der Waals surface area contributed by atoms with Gasteiger partial charge >= 0.3 is 5.97 Å². The van der Waals surface area contributed by atoms with Crippen molar-refractivity contribution in [3.63, 3.8) is 0 Å². The highest BCUT2D eigenvalue weighted by molar-refractivity contribution is 8.00. The summed E-state index contributed by atoms with van der Waals surface area (Å²) in [6, 6.07) is 14.7. The van der Waals surface area contributed by atoms with Crippen molar-refractivity contribution >= 4 is 49.9 Å². The molecular weight excluding hydrogens is 436 g/mol. The average Bonchev–Trinajstić information content (AvgIpc) is 2.73. The second kappa shape index (κ2) is 9.49. The molecule has 0 unspecified atom stereocenters. The Kier molecular flexibility index (Phi) is 6.97. The molecule has 0 saturated carbocycles. The van der Waals surface area contributed by atoms with Gasteiger partial charge in [-0.25, -0.2) is 8.42 Å². The molecule has 0 atom stereocenters. The Morgan fingerprint density at radius 2 is 1.71 bits per heavy atom. The van der Waals surface area contributed by atoms with Gasteiger partial charge in [0.05, 0.1) is 21.2 Å². The van der Waals surface area contributed by atoms with E-state index in [-0.39, 0.29) is 27.0 Å². The number of phenols is 1. The standard InChI is InChI=1S/C22H24N2O5S2/c1-14(2)12-23-15-7-9-16(10-8-15)31(28,29)24-19-11-20(30-13-21(25)26)22(27)18-6-4-3-5-17(18)19/h3-11,14,23-24,27H,12-13H2,1-2H3,(H,25,26). The lowest BCUT2D eigenvalue weighted by Gasteiger charge is -2.15. The van der Waals surface area contributed by atoms with Crippen molar-refractivity contribution in [2.24, 2.45) is 5.92 Å². The molecule has 0 aliphatic rings. The van der Waals surface area contributed by atoms with Crippen LogP contribution in [-0.4, -0.2) is 36.9 Å². The fraction of sp³-hybridized carbons (Fsp3) is 0.227. The molecule has 0 bridgehead atoms. The number of aliphatic carboxylic acids is 1. The quantitative estimate of drug-likeness (QED) is 0.273. The number of phenolic OH excluding ortho intramolecular Hbond substituents is 1. The van der Waals surface area contributed by atoms with Gasteiger partial charge < -0.3 is 15.5 Å². The summed E-state index contributed by atoms with van der Waals surface area (Å²) < 4.78 is 28.6. The lowest BCUT2D eigenvalue weighted by molar-refractivity contribution is -0.133. The molecule has 4 N–H and O–H groups in total. The molecule has 0 aliphatic carbocycles.